The zero-order valence-electron chi connectivity index (χ0n) is 12.4. The molecule has 1 aliphatic rings. The molecule has 1 aromatic heterocycles. The normalized spacial score (nSPS) is 21.1. The van der Waals surface area contributed by atoms with Crippen LogP contribution >= 0.6 is 11.3 Å². The Morgan fingerprint density at radius 2 is 1.77 bits per heavy atom. The van der Waals surface area contributed by atoms with Crippen molar-refractivity contribution >= 4 is 23.0 Å². The van der Waals surface area contributed by atoms with Gasteiger partial charge >= 0.3 is 0 Å². The Balaban J connectivity index is 1.76. The summed E-state index contributed by atoms with van der Waals surface area (Å²) in [5.41, 5.74) is 7.39. The zero-order valence-corrected chi connectivity index (χ0v) is 13.2. The van der Waals surface area contributed by atoms with Crippen molar-refractivity contribution in [3.05, 3.63) is 57.8 Å². The van der Waals surface area contributed by atoms with E-state index in [4.69, 9.17) is 5.73 Å². The standard InChI is InChI=1S/C17H18N2O2S/c1-11(20)15-7-8-16(22-15)17(21)19-9-13(14(18)10-19)12-5-3-2-4-6-12/h2-8,13-14H,9-10,18H2,1H3/t13-,14+/m0/s1. The monoisotopic (exact) mass is 314 g/mol. The van der Waals surface area contributed by atoms with Crippen LogP contribution in [0, 0.1) is 0 Å². The van der Waals surface area contributed by atoms with Crippen LogP contribution in [0.25, 0.3) is 0 Å². The number of thiophene rings is 1. The molecule has 1 aromatic carbocycles. The SMILES string of the molecule is CC(=O)c1ccc(C(=O)N2C[C@@H](N)[C@H](c3ccccc3)C2)s1. The molecule has 0 unspecified atom stereocenters. The molecule has 4 nitrogen and oxygen atoms in total. The fourth-order valence-corrected chi connectivity index (χ4v) is 3.71. The van der Waals surface area contributed by atoms with Crippen molar-refractivity contribution in [2.24, 2.45) is 5.73 Å². The third-order valence-corrected chi connectivity index (χ3v) is 5.22. The number of ketones is 1. The number of nitrogens with two attached hydrogens (primary N) is 1. The number of amides is 1. The average molecular weight is 314 g/mol. The number of nitrogens with zero attached hydrogens (tertiary/aromatic N) is 1. The zero-order chi connectivity index (χ0) is 15.7. The summed E-state index contributed by atoms with van der Waals surface area (Å²) >= 11 is 1.25. The third kappa shape index (κ3) is 2.82. The van der Waals surface area contributed by atoms with E-state index >= 15 is 0 Å². The van der Waals surface area contributed by atoms with Crippen LogP contribution in [0.5, 0.6) is 0 Å². The maximum Gasteiger partial charge on any atom is 0.264 e. The molecule has 1 fully saturated rings. The summed E-state index contributed by atoms with van der Waals surface area (Å²) in [4.78, 5) is 26.9. The largest absolute Gasteiger partial charge is 0.336 e. The van der Waals surface area contributed by atoms with Gasteiger partial charge in [0, 0.05) is 25.0 Å². The van der Waals surface area contributed by atoms with Gasteiger partial charge in [0.05, 0.1) is 9.75 Å². The first-order valence-electron chi connectivity index (χ1n) is 7.27. The maximum atomic E-state index is 12.6. The topological polar surface area (TPSA) is 63.4 Å². The lowest BCUT2D eigenvalue weighted by Gasteiger charge is -2.15. The molecule has 22 heavy (non-hydrogen) atoms. The molecule has 1 amide bonds. The van der Waals surface area contributed by atoms with Crippen LogP contribution in [0.2, 0.25) is 0 Å². The Morgan fingerprint density at radius 3 is 2.41 bits per heavy atom. The van der Waals surface area contributed by atoms with Crippen molar-refractivity contribution in [1.82, 2.24) is 4.90 Å². The van der Waals surface area contributed by atoms with Gasteiger partial charge in [-0.1, -0.05) is 30.3 Å². The lowest BCUT2D eigenvalue weighted by atomic mass is 9.95. The highest BCUT2D eigenvalue weighted by atomic mass is 32.1. The highest BCUT2D eigenvalue weighted by molar-refractivity contribution is 7.15. The van der Waals surface area contributed by atoms with Crippen LogP contribution in [0.15, 0.2) is 42.5 Å². The fraction of sp³-hybridized carbons (Fsp3) is 0.294. The van der Waals surface area contributed by atoms with Crippen LogP contribution in [0.1, 0.15) is 37.7 Å². The van der Waals surface area contributed by atoms with Gasteiger partial charge in [-0.25, -0.2) is 0 Å². The summed E-state index contributed by atoms with van der Waals surface area (Å²) in [5.74, 6) is 0.119. The first-order valence-corrected chi connectivity index (χ1v) is 8.08. The van der Waals surface area contributed by atoms with Gasteiger partial charge in [0.25, 0.3) is 5.91 Å². The first-order chi connectivity index (χ1) is 10.6. The molecular formula is C17H18N2O2S. The minimum absolute atomic E-state index is 0.00987. The van der Waals surface area contributed by atoms with Crippen molar-refractivity contribution in [3.8, 4) is 0 Å². The molecule has 2 N–H and O–H groups in total. The van der Waals surface area contributed by atoms with Crippen molar-refractivity contribution in [2.45, 2.75) is 18.9 Å². The Morgan fingerprint density at radius 1 is 1.09 bits per heavy atom. The van der Waals surface area contributed by atoms with E-state index in [1.165, 1.54) is 23.8 Å². The average Bonchev–Trinajstić information content (AvgIpc) is 3.14. The van der Waals surface area contributed by atoms with E-state index in [2.05, 4.69) is 12.1 Å². The number of carbonyl (C=O) groups excluding carboxylic acids is 2. The second-order valence-corrected chi connectivity index (χ2v) is 6.70. The number of rotatable bonds is 3. The molecule has 3 rings (SSSR count). The number of hydrogen-bond acceptors (Lipinski definition) is 4. The highest BCUT2D eigenvalue weighted by Gasteiger charge is 2.34. The van der Waals surface area contributed by atoms with Crippen molar-refractivity contribution in [3.63, 3.8) is 0 Å². The Bertz CT molecular complexity index is 696. The Hall–Kier alpha value is -1.98. The van der Waals surface area contributed by atoms with Crippen molar-refractivity contribution in [2.75, 3.05) is 13.1 Å². The van der Waals surface area contributed by atoms with Gasteiger partial charge in [-0.15, -0.1) is 11.3 Å². The molecule has 114 valence electrons. The van der Waals surface area contributed by atoms with Gasteiger partial charge in [-0.3, -0.25) is 9.59 Å². The smallest absolute Gasteiger partial charge is 0.264 e. The van der Waals surface area contributed by atoms with E-state index in [0.29, 0.717) is 22.8 Å². The fourth-order valence-electron chi connectivity index (χ4n) is 2.85. The molecular weight excluding hydrogens is 296 g/mol. The summed E-state index contributed by atoms with van der Waals surface area (Å²) in [6.45, 7) is 2.68. The molecule has 5 heteroatoms. The summed E-state index contributed by atoms with van der Waals surface area (Å²) < 4.78 is 0. The van der Waals surface area contributed by atoms with Crippen LogP contribution in [0.3, 0.4) is 0 Å². The highest BCUT2D eigenvalue weighted by Crippen LogP contribution is 2.28. The lowest BCUT2D eigenvalue weighted by Crippen LogP contribution is -2.31. The quantitative estimate of drug-likeness (QED) is 0.886. The first kappa shape index (κ1) is 14.9. The molecule has 0 spiro atoms. The molecule has 0 radical (unpaired) electrons. The second kappa shape index (κ2) is 6.02. The minimum atomic E-state index is -0.0569. The molecule has 0 saturated carbocycles. The molecule has 0 aliphatic carbocycles. The molecule has 0 bridgehead atoms. The predicted molar refractivity (Wildman–Crippen MR) is 87.4 cm³/mol. The van der Waals surface area contributed by atoms with Gasteiger partial charge in [-0.05, 0) is 24.6 Å². The van der Waals surface area contributed by atoms with Crippen molar-refractivity contribution in [1.29, 1.82) is 0 Å². The van der Waals surface area contributed by atoms with Gasteiger partial charge < -0.3 is 10.6 Å². The second-order valence-electron chi connectivity index (χ2n) is 5.61. The van der Waals surface area contributed by atoms with Gasteiger partial charge in [-0.2, -0.15) is 0 Å². The Kier molecular flexibility index (Phi) is 4.09. The molecule has 2 atom stereocenters. The molecule has 1 saturated heterocycles. The van der Waals surface area contributed by atoms with Gasteiger partial charge in [0.15, 0.2) is 5.78 Å². The summed E-state index contributed by atoms with van der Waals surface area (Å²) in [6, 6.07) is 13.4. The third-order valence-electron chi connectivity index (χ3n) is 4.04. The molecule has 1 aliphatic heterocycles. The van der Waals surface area contributed by atoms with Crippen molar-refractivity contribution < 1.29 is 9.59 Å². The number of Topliss-reactive ketones (excluding diaryl/α,β-unsaturated/α-hetero) is 1. The number of likely N-dealkylation sites (tertiary alicyclic amines) is 1. The van der Waals surface area contributed by atoms with E-state index in [1.807, 2.05) is 18.2 Å². The number of carbonyl (C=O) groups is 2. The summed E-state index contributed by atoms with van der Waals surface area (Å²) in [5, 5.41) is 0. The van der Waals surface area contributed by atoms with E-state index < -0.39 is 0 Å². The number of benzene rings is 1. The van der Waals surface area contributed by atoms with E-state index in [9.17, 15) is 9.59 Å². The van der Waals surface area contributed by atoms with Crippen LogP contribution in [-0.2, 0) is 0 Å². The maximum absolute atomic E-state index is 12.6. The number of hydrogen-bond donors (Lipinski definition) is 1. The summed E-state index contributed by atoms with van der Waals surface area (Å²) in [6.07, 6.45) is 0. The van der Waals surface area contributed by atoms with Gasteiger partial charge in [0.2, 0.25) is 0 Å². The minimum Gasteiger partial charge on any atom is -0.336 e. The van der Waals surface area contributed by atoms with Crippen LogP contribution < -0.4 is 5.73 Å². The van der Waals surface area contributed by atoms with Crippen LogP contribution in [0.4, 0.5) is 0 Å². The predicted octanol–water partition coefficient (Wildman–Crippen LogP) is 2.52. The van der Waals surface area contributed by atoms with Gasteiger partial charge in [0.1, 0.15) is 0 Å². The van der Waals surface area contributed by atoms with E-state index in [1.54, 1.807) is 17.0 Å². The van der Waals surface area contributed by atoms with Crippen LogP contribution in [-0.4, -0.2) is 35.7 Å². The molecule has 2 aromatic rings. The molecule has 2 heterocycles. The summed E-state index contributed by atoms with van der Waals surface area (Å²) in [7, 11) is 0. The van der Waals surface area contributed by atoms with E-state index in [0.717, 1.165) is 0 Å². The van der Waals surface area contributed by atoms with E-state index in [-0.39, 0.29) is 23.7 Å². The Labute approximate surface area is 133 Å². The lowest BCUT2D eigenvalue weighted by molar-refractivity contribution is 0.0793.